The zero-order chi connectivity index (χ0) is 29.2. The van der Waals surface area contributed by atoms with Gasteiger partial charge in [-0.15, -0.1) is 18.2 Å². The maximum atomic E-state index is 10.0. The Hall–Kier alpha value is -3.60. The molecule has 1 radical (unpaired) electrons. The zero-order valence-electron chi connectivity index (χ0n) is 24.9. The van der Waals surface area contributed by atoms with Crippen LogP contribution in [0.5, 0.6) is 0 Å². The number of carbonyl (C=O) groups is 1. The summed E-state index contributed by atoms with van der Waals surface area (Å²) in [6.07, 6.45) is 2.95. The van der Waals surface area contributed by atoms with Gasteiger partial charge in [-0.2, -0.15) is 0 Å². The molecule has 0 aliphatic carbocycles. The molecule has 0 saturated heterocycles. The molecule has 0 atom stereocenters. The molecular weight excluding hydrogens is 653 g/mol. The van der Waals surface area contributed by atoms with E-state index in [0.717, 1.165) is 27.6 Å². The normalized spacial score (nSPS) is 13.1. The van der Waals surface area contributed by atoms with E-state index >= 15 is 0 Å². The molecule has 0 aliphatic rings. The number of benzene rings is 2. The van der Waals surface area contributed by atoms with Gasteiger partial charge in [0.25, 0.3) is 0 Å². The van der Waals surface area contributed by atoms with Crippen molar-refractivity contribution in [3.63, 3.8) is 0 Å². The second-order valence-corrected chi connectivity index (χ2v) is 9.90. The Labute approximate surface area is 241 Å². The van der Waals surface area contributed by atoms with E-state index in [1.165, 1.54) is 31.6 Å². The molecular formula is C32H31IrN2O3-. The number of pyridine rings is 2. The summed E-state index contributed by atoms with van der Waals surface area (Å²) in [5.41, 5.74) is 5.88. The molecule has 1 N–H and O–H groups in total. The van der Waals surface area contributed by atoms with Crippen LogP contribution in [-0.4, -0.2) is 20.9 Å². The second kappa shape index (κ2) is 11.8. The fraction of sp³-hybridized carbons (Fsp3) is 0.219. The van der Waals surface area contributed by atoms with Crippen molar-refractivity contribution in [2.24, 2.45) is 0 Å². The van der Waals surface area contributed by atoms with Gasteiger partial charge in [0.1, 0.15) is 0 Å². The topological polar surface area (TPSA) is 76.2 Å². The van der Waals surface area contributed by atoms with Gasteiger partial charge < -0.3 is 14.5 Å². The predicted octanol–water partition coefficient (Wildman–Crippen LogP) is 8.15. The van der Waals surface area contributed by atoms with Crippen LogP contribution in [0.25, 0.3) is 44.5 Å². The van der Waals surface area contributed by atoms with Crippen molar-refractivity contribution in [2.75, 3.05) is 0 Å². The summed E-state index contributed by atoms with van der Waals surface area (Å²) in [5, 5.41) is 9.98. The van der Waals surface area contributed by atoms with E-state index in [4.69, 9.17) is 13.6 Å². The summed E-state index contributed by atoms with van der Waals surface area (Å²) in [6, 6.07) is 22.8. The minimum atomic E-state index is -2.29. The maximum absolute atomic E-state index is 10.0. The summed E-state index contributed by atoms with van der Waals surface area (Å²) in [5.74, 6) is -0.0625. The number of rotatable bonds is 3. The molecule has 0 aliphatic heterocycles. The third-order valence-electron chi connectivity index (χ3n) is 5.81. The molecule has 0 unspecified atom stereocenters. The quantitative estimate of drug-likeness (QED) is 0.118. The van der Waals surface area contributed by atoms with Crippen molar-refractivity contribution in [2.45, 2.75) is 46.9 Å². The van der Waals surface area contributed by atoms with Gasteiger partial charge in [-0.1, -0.05) is 62.1 Å². The molecule has 197 valence electrons. The standard InChI is InChI=1S/C27H23N2O.C5H8O2.Ir/c1-17-8-13-22-21-6-5-7-23(25(21)30-26(22)29-17)24-16-19(14-15-28-24)18-9-11-20(12-10-18)27(2,3)4;1-4(6)3-5(2)7;/h5-6,8-16H,1-4H3;3,6H,1-2H3;/q-1;;/b;4-3-;/i1D3;;. The number of hydrogen-bond donors (Lipinski definition) is 1. The number of furan rings is 1. The van der Waals surface area contributed by atoms with E-state index < -0.39 is 6.85 Å². The van der Waals surface area contributed by atoms with Crippen molar-refractivity contribution < 1.29 is 38.5 Å². The van der Waals surface area contributed by atoms with Gasteiger partial charge in [-0.3, -0.25) is 4.79 Å². The minimum Gasteiger partial charge on any atom is -0.512 e. The number of aryl methyl sites for hydroxylation is 1. The van der Waals surface area contributed by atoms with Crippen LogP contribution >= 0.6 is 0 Å². The summed E-state index contributed by atoms with van der Waals surface area (Å²) >= 11 is 0. The van der Waals surface area contributed by atoms with E-state index in [1.54, 1.807) is 12.3 Å². The Morgan fingerprint density at radius 2 is 1.76 bits per heavy atom. The molecule has 5 nitrogen and oxygen atoms in total. The van der Waals surface area contributed by atoms with E-state index in [-0.39, 0.29) is 42.8 Å². The van der Waals surface area contributed by atoms with Gasteiger partial charge >= 0.3 is 0 Å². The van der Waals surface area contributed by atoms with Crippen LogP contribution < -0.4 is 0 Å². The Morgan fingerprint density at radius 3 is 2.37 bits per heavy atom. The van der Waals surface area contributed by atoms with E-state index in [9.17, 15) is 4.79 Å². The van der Waals surface area contributed by atoms with Crippen LogP contribution in [0.3, 0.4) is 0 Å². The zero-order valence-corrected chi connectivity index (χ0v) is 24.3. The van der Waals surface area contributed by atoms with Gasteiger partial charge in [-0.05, 0) is 66.7 Å². The molecule has 5 aromatic rings. The van der Waals surface area contributed by atoms with Crippen LogP contribution in [0.15, 0.2) is 83.1 Å². The molecule has 2 aromatic carbocycles. The Morgan fingerprint density at radius 1 is 1.03 bits per heavy atom. The van der Waals surface area contributed by atoms with Crippen LogP contribution in [0.4, 0.5) is 0 Å². The first kappa shape index (κ1) is 24.7. The van der Waals surface area contributed by atoms with Crippen LogP contribution in [0.2, 0.25) is 0 Å². The number of aromatic nitrogens is 2. The van der Waals surface area contributed by atoms with E-state index in [0.29, 0.717) is 16.9 Å². The molecule has 0 amide bonds. The summed E-state index contributed by atoms with van der Waals surface area (Å²) in [7, 11) is 0. The van der Waals surface area contributed by atoms with Crippen molar-refractivity contribution in [3.05, 3.63) is 96.0 Å². The number of aliphatic hydroxyl groups excluding tert-OH is 1. The third-order valence-corrected chi connectivity index (χ3v) is 5.81. The van der Waals surface area contributed by atoms with Crippen molar-refractivity contribution >= 4 is 27.9 Å². The predicted molar refractivity (Wildman–Crippen MR) is 150 cm³/mol. The van der Waals surface area contributed by atoms with Gasteiger partial charge in [0.05, 0.1) is 11.3 Å². The second-order valence-electron chi connectivity index (χ2n) is 9.90. The molecule has 3 aromatic heterocycles. The smallest absolute Gasteiger partial charge is 0.216 e. The number of hydrogen-bond acceptors (Lipinski definition) is 5. The summed E-state index contributed by atoms with van der Waals surface area (Å²) in [6.45, 7) is 7.16. The monoisotopic (exact) mass is 687 g/mol. The Bertz CT molecular complexity index is 1710. The number of nitrogens with zero attached hydrogens (tertiary/aromatic N) is 2. The SMILES string of the molecule is CC(=O)/C=C(/C)O.[2H]C([2H])([2H])c1ccc2c(n1)oc1c(-c3cc(-c4ccc(C(C)(C)C)cc4)ccn3)[c-]ccc12.[Ir]. The van der Waals surface area contributed by atoms with Gasteiger partial charge in [0.15, 0.2) is 5.78 Å². The molecule has 5 rings (SSSR count). The van der Waals surface area contributed by atoms with E-state index in [1.807, 2.05) is 24.3 Å². The molecule has 6 heteroatoms. The largest absolute Gasteiger partial charge is 0.512 e. The molecule has 38 heavy (non-hydrogen) atoms. The van der Waals surface area contributed by atoms with Gasteiger partial charge in [-0.25, -0.2) is 4.98 Å². The summed E-state index contributed by atoms with van der Waals surface area (Å²) in [4.78, 5) is 18.8. The third kappa shape index (κ3) is 6.63. The van der Waals surface area contributed by atoms with Crippen molar-refractivity contribution in [3.8, 4) is 22.4 Å². The van der Waals surface area contributed by atoms with Gasteiger partial charge in [0, 0.05) is 47.6 Å². The van der Waals surface area contributed by atoms with Crippen LogP contribution in [0, 0.1) is 12.9 Å². The maximum Gasteiger partial charge on any atom is 0.216 e. The number of aliphatic hydroxyl groups is 1. The van der Waals surface area contributed by atoms with Crippen LogP contribution in [0.1, 0.15) is 50.0 Å². The fourth-order valence-corrected chi connectivity index (χ4v) is 4.02. The van der Waals surface area contributed by atoms with Gasteiger partial charge in [0.2, 0.25) is 5.71 Å². The number of allylic oxidation sites excluding steroid dienone is 2. The minimum absolute atomic E-state index is 0. The molecule has 0 spiro atoms. The average molecular weight is 687 g/mol. The Kier molecular flexibility index (Phi) is 7.71. The fourth-order valence-electron chi connectivity index (χ4n) is 4.02. The molecule has 0 fully saturated rings. The average Bonchev–Trinajstić information content (AvgIpc) is 3.25. The first-order valence-corrected chi connectivity index (χ1v) is 11.9. The molecule has 3 heterocycles. The molecule has 0 bridgehead atoms. The Balaban J connectivity index is 0.000000516. The molecule has 0 saturated carbocycles. The van der Waals surface area contributed by atoms with E-state index in [2.05, 4.69) is 61.1 Å². The first-order chi connectivity index (χ1) is 18.7. The number of ketones is 1. The summed E-state index contributed by atoms with van der Waals surface area (Å²) < 4.78 is 28.9. The van der Waals surface area contributed by atoms with Crippen molar-refractivity contribution in [1.29, 1.82) is 0 Å². The number of fused-ring (bicyclic) bond motifs is 3. The number of carbonyl (C=O) groups excluding carboxylic acids is 1. The van der Waals surface area contributed by atoms with Crippen molar-refractivity contribution in [1.82, 2.24) is 9.97 Å². The van der Waals surface area contributed by atoms with Crippen LogP contribution in [-0.2, 0) is 30.3 Å². The first-order valence-electron chi connectivity index (χ1n) is 13.4.